The van der Waals surface area contributed by atoms with Gasteiger partial charge in [0.15, 0.2) is 0 Å². The molecule has 2 aliphatic carbocycles. The van der Waals surface area contributed by atoms with Crippen LogP contribution >= 0.6 is 0 Å². The van der Waals surface area contributed by atoms with Gasteiger partial charge in [-0.25, -0.2) is 0 Å². The van der Waals surface area contributed by atoms with E-state index in [1.165, 1.54) is 99.9 Å². The zero-order valence-electron chi connectivity index (χ0n) is 33.5. The summed E-state index contributed by atoms with van der Waals surface area (Å²) < 4.78 is 0. The van der Waals surface area contributed by atoms with Crippen LogP contribution < -0.4 is 9.80 Å². The summed E-state index contributed by atoms with van der Waals surface area (Å²) in [6.45, 7) is 11.7. The summed E-state index contributed by atoms with van der Waals surface area (Å²) >= 11 is 0. The predicted molar refractivity (Wildman–Crippen MR) is 239 cm³/mol. The van der Waals surface area contributed by atoms with E-state index in [1.54, 1.807) is 0 Å². The highest BCUT2D eigenvalue weighted by Gasteiger charge is 2.46. The summed E-state index contributed by atoms with van der Waals surface area (Å²) in [7, 11) is 0. The number of nitrogens with zero attached hydrogens (tertiary/aromatic N) is 2. The highest BCUT2D eigenvalue weighted by Crippen LogP contribution is 2.61. The Balaban J connectivity index is 1.27. The fourth-order valence-electron chi connectivity index (χ4n) is 12.2. The molecule has 0 fully saturated rings. The average molecular weight is 729 g/mol. The molecule has 0 spiro atoms. The van der Waals surface area contributed by atoms with E-state index < -0.39 is 0 Å². The Kier molecular flexibility index (Phi) is 7.63. The van der Waals surface area contributed by atoms with Gasteiger partial charge in [0.25, 0.3) is 0 Å². The monoisotopic (exact) mass is 728 g/mol. The molecule has 0 aromatic heterocycles. The Labute approximate surface area is 332 Å². The van der Waals surface area contributed by atoms with Crippen molar-refractivity contribution in [1.29, 1.82) is 0 Å². The number of hydrogen-bond acceptors (Lipinski definition) is 2. The van der Waals surface area contributed by atoms with E-state index in [4.69, 9.17) is 0 Å². The molecule has 7 aromatic rings. The molecule has 4 aliphatic rings. The van der Waals surface area contributed by atoms with Crippen LogP contribution in [0, 0.1) is 0 Å². The SMILES string of the molecule is CCC1(CC)c2ccccc2-c2cc3c(cc21)-c1cc2c(N4CCCc5ccccc54)c4ccccc4c(N4CCCc5ccccc54)c2cc1C3(CC)CC. The van der Waals surface area contributed by atoms with Crippen LogP contribution in [0.4, 0.5) is 22.7 Å². The van der Waals surface area contributed by atoms with E-state index >= 15 is 0 Å². The van der Waals surface area contributed by atoms with Crippen molar-refractivity contribution in [3.63, 3.8) is 0 Å². The van der Waals surface area contributed by atoms with Crippen molar-refractivity contribution in [2.75, 3.05) is 22.9 Å². The van der Waals surface area contributed by atoms with Gasteiger partial charge in [0, 0.05) is 56.8 Å². The Bertz CT molecular complexity index is 2730. The van der Waals surface area contributed by atoms with Crippen molar-refractivity contribution < 1.29 is 0 Å². The molecule has 0 unspecified atom stereocenters. The first-order valence-corrected chi connectivity index (χ1v) is 21.6. The molecule has 0 bridgehead atoms. The molecule has 0 atom stereocenters. The Morgan fingerprint density at radius 2 is 0.839 bits per heavy atom. The maximum absolute atomic E-state index is 2.70. The van der Waals surface area contributed by atoms with Gasteiger partial charge < -0.3 is 9.80 Å². The van der Waals surface area contributed by atoms with Crippen LogP contribution in [0.25, 0.3) is 43.8 Å². The van der Waals surface area contributed by atoms with Crippen molar-refractivity contribution in [1.82, 2.24) is 0 Å². The lowest BCUT2D eigenvalue weighted by Crippen LogP contribution is -2.27. The van der Waals surface area contributed by atoms with Crippen molar-refractivity contribution in [2.45, 2.75) is 89.9 Å². The highest BCUT2D eigenvalue weighted by molar-refractivity contribution is 6.23. The minimum atomic E-state index is -0.0624. The molecule has 278 valence electrons. The molecule has 0 radical (unpaired) electrons. The van der Waals surface area contributed by atoms with Crippen LogP contribution in [0.1, 0.15) is 99.6 Å². The molecule has 0 saturated heterocycles. The normalized spacial score (nSPS) is 17.0. The molecule has 2 aliphatic heterocycles. The fraction of sp³-hybridized carbons (Fsp3) is 0.296. The third-order valence-electron chi connectivity index (χ3n) is 15.0. The third kappa shape index (κ3) is 4.39. The predicted octanol–water partition coefficient (Wildman–Crippen LogP) is 14.3. The summed E-state index contributed by atoms with van der Waals surface area (Å²) in [4.78, 5) is 5.37. The summed E-state index contributed by atoms with van der Waals surface area (Å²) in [5, 5.41) is 5.48. The first kappa shape index (κ1) is 34.0. The largest absolute Gasteiger partial charge is 0.340 e. The molecule has 11 rings (SSSR count). The lowest BCUT2D eigenvalue weighted by Gasteiger charge is -2.37. The zero-order valence-corrected chi connectivity index (χ0v) is 33.5. The first-order chi connectivity index (χ1) is 27.6. The van der Waals surface area contributed by atoms with Crippen molar-refractivity contribution >= 4 is 44.3 Å². The molecule has 0 N–H and O–H groups in total. The van der Waals surface area contributed by atoms with E-state index in [-0.39, 0.29) is 10.8 Å². The molecular weight excluding hydrogens is 677 g/mol. The van der Waals surface area contributed by atoms with E-state index in [2.05, 4.69) is 159 Å². The molecule has 56 heavy (non-hydrogen) atoms. The molecule has 7 aromatic carbocycles. The number of benzene rings is 7. The van der Waals surface area contributed by atoms with E-state index in [0.717, 1.165) is 64.5 Å². The van der Waals surface area contributed by atoms with Gasteiger partial charge in [-0.15, -0.1) is 0 Å². The number of rotatable bonds is 6. The lowest BCUT2D eigenvalue weighted by atomic mass is 9.71. The average Bonchev–Trinajstić information content (AvgIpc) is 3.69. The zero-order chi connectivity index (χ0) is 37.8. The number of hydrogen-bond donors (Lipinski definition) is 0. The van der Waals surface area contributed by atoms with Gasteiger partial charge in [-0.3, -0.25) is 0 Å². The number of fused-ring (bicyclic) bond motifs is 10. The van der Waals surface area contributed by atoms with Gasteiger partial charge in [-0.1, -0.05) is 113 Å². The quantitative estimate of drug-likeness (QED) is 0.157. The standard InChI is InChI=1S/C54H52N2/c1-5-53(6-2)45-26-14-13-23-37(45)41-32-47-42(33-46(41)53)40-31-43-44(34-48(40)54(47,7-3)8-4)52(56-30-18-22-36-20-10-16-28-50(36)56)39-25-12-11-24-38(39)51(43)55-29-17-21-35-19-9-15-27-49(35)55/h9-16,19-20,23-28,31-34H,5-8,17-18,21-22,29-30H2,1-4H3. The van der Waals surface area contributed by atoms with E-state index in [1.807, 2.05) is 0 Å². The third-order valence-corrected chi connectivity index (χ3v) is 15.0. The smallest absolute Gasteiger partial charge is 0.0571 e. The first-order valence-electron chi connectivity index (χ1n) is 21.6. The molecule has 2 heteroatoms. The Morgan fingerprint density at radius 1 is 0.411 bits per heavy atom. The van der Waals surface area contributed by atoms with Gasteiger partial charge >= 0.3 is 0 Å². The van der Waals surface area contributed by atoms with Crippen molar-refractivity contribution in [3.05, 3.63) is 155 Å². The molecular formula is C54H52N2. The van der Waals surface area contributed by atoms with Crippen LogP contribution in [0.2, 0.25) is 0 Å². The van der Waals surface area contributed by atoms with Gasteiger partial charge in [-0.05, 0) is 143 Å². The van der Waals surface area contributed by atoms with Crippen molar-refractivity contribution in [3.8, 4) is 22.3 Å². The van der Waals surface area contributed by atoms with E-state index in [0.29, 0.717) is 0 Å². The van der Waals surface area contributed by atoms with Crippen LogP contribution in [0.15, 0.2) is 121 Å². The van der Waals surface area contributed by atoms with Crippen LogP contribution in [0.3, 0.4) is 0 Å². The fourth-order valence-corrected chi connectivity index (χ4v) is 12.2. The molecule has 2 heterocycles. The van der Waals surface area contributed by atoms with Gasteiger partial charge in [0.1, 0.15) is 0 Å². The van der Waals surface area contributed by atoms with Crippen LogP contribution in [0.5, 0.6) is 0 Å². The molecule has 0 saturated carbocycles. The summed E-state index contributed by atoms with van der Waals surface area (Å²) in [6.07, 6.45) is 8.93. The van der Waals surface area contributed by atoms with Gasteiger partial charge in [0.2, 0.25) is 0 Å². The molecule has 0 amide bonds. The van der Waals surface area contributed by atoms with Crippen molar-refractivity contribution in [2.24, 2.45) is 0 Å². The maximum Gasteiger partial charge on any atom is 0.0571 e. The topological polar surface area (TPSA) is 6.48 Å². The minimum absolute atomic E-state index is 0.0370. The maximum atomic E-state index is 2.70. The second-order valence-electron chi connectivity index (χ2n) is 17.0. The number of anilines is 4. The number of aryl methyl sites for hydroxylation is 2. The lowest BCUT2D eigenvalue weighted by molar-refractivity contribution is 0.485. The van der Waals surface area contributed by atoms with Crippen LogP contribution in [-0.2, 0) is 23.7 Å². The van der Waals surface area contributed by atoms with Crippen LogP contribution in [-0.4, -0.2) is 13.1 Å². The second-order valence-corrected chi connectivity index (χ2v) is 17.0. The highest BCUT2D eigenvalue weighted by atomic mass is 15.2. The second kappa shape index (κ2) is 12.6. The Hall–Kier alpha value is -5.34. The minimum Gasteiger partial charge on any atom is -0.340 e. The summed E-state index contributed by atoms with van der Waals surface area (Å²) in [6, 6.07) is 47.7. The summed E-state index contributed by atoms with van der Waals surface area (Å²) in [5.41, 5.74) is 20.3. The Morgan fingerprint density at radius 3 is 1.41 bits per heavy atom. The summed E-state index contributed by atoms with van der Waals surface area (Å²) in [5.74, 6) is 0. The van der Waals surface area contributed by atoms with Gasteiger partial charge in [0.05, 0.1) is 11.4 Å². The van der Waals surface area contributed by atoms with Gasteiger partial charge in [-0.2, -0.15) is 0 Å². The molecule has 2 nitrogen and oxygen atoms in total. The van der Waals surface area contributed by atoms with E-state index in [9.17, 15) is 0 Å². The number of para-hydroxylation sites is 2.